The fourth-order valence-electron chi connectivity index (χ4n) is 1.01. The predicted octanol–water partition coefficient (Wildman–Crippen LogP) is 0.788. The van der Waals surface area contributed by atoms with Crippen molar-refractivity contribution in [2.45, 2.75) is 12.5 Å². The minimum absolute atomic E-state index is 0.125. The summed E-state index contributed by atoms with van der Waals surface area (Å²) in [4.78, 5) is 10.3. The first-order chi connectivity index (χ1) is 6.24. The molecule has 0 aliphatic carbocycles. The van der Waals surface area contributed by atoms with Gasteiger partial charge in [0, 0.05) is 6.42 Å². The monoisotopic (exact) mass is 180 g/mol. The Morgan fingerprint density at radius 1 is 1.31 bits per heavy atom. The van der Waals surface area contributed by atoms with Crippen LogP contribution >= 0.6 is 0 Å². The fraction of sp³-hybridized carbons (Fsp3) is 0.222. The molecule has 1 radical (unpaired) electrons. The average Bonchev–Trinajstić information content (AvgIpc) is 2.15. The van der Waals surface area contributed by atoms with Crippen molar-refractivity contribution in [2.24, 2.45) is 0 Å². The van der Waals surface area contributed by atoms with Gasteiger partial charge in [0.15, 0.2) is 0 Å². The molecule has 13 heavy (non-hydrogen) atoms. The molecule has 0 saturated carbocycles. The zero-order chi connectivity index (χ0) is 9.68. The van der Waals surface area contributed by atoms with Crippen LogP contribution < -0.4 is 0 Å². The molecule has 0 amide bonds. The zero-order valence-corrected chi connectivity index (χ0v) is 6.92. The summed E-state index contributed by atoms with van der Waals surface area (Å²) in [6.45, 7) is 0. The van der Waals surface area contributed by atoms with Crippen LogP contribution in [0.1, 0.15) is 5.56 Å². The number of hydrogen-bond acceptors (Lipinski definition) is 4. The van der Waals surface area contributed by atoms with Crippen LogP contribution in [0, 0.1) is 0 Å². The molecule has 0 aromatic heterocycles. The van der Waals surface area contributed by atoms with E-state index in [0.717, 1.165) is 5.56 Å². The first-order valence-electron chi connectivity index (χ1n) is 3.82. The van der Waals surface area contributed by atoms with E-state index in [1.54, 1.807) is 12.1 Å². The van der Waals surface area contributed by atoms with Crippen LogP contribution in [0.4, 0.5) is 0 Å². The first kappa shape index (κ1) is 9.85. The van der Waals surface area contributed by atoms with Gasteiger partial charge in [-0.2, -0.15) is 0 Å². The summed E-state index contributed by atoms with van der Waals surface area (Å²) in [6, 6.07) is 8.05. The maximum absolute atomic E-state index is 10.3. The molecule has 0 bridgehead atoms. The van der Waals surface area contributed by atoms with Gasteiger partial charge in [-0.3, -0.25) is 15.2 Å². The molecule has 0 aliphatic rings. The van der Waals surface area contributed by atoms with Gasteiger partial charge in [0.1, 0.15) is 6.04 Å². The van der Waals surface area contributed by atoms with Gasteiger partial charge in [-0.05, 0) is 5.56 Å². The van der Waals surface area contributed by atoms with Gasteiger partial charge >= 0.3 is 0 Å². The van der Waals surface area contributed by atoms with E-state index in [0.29, 0.717) is 0 Å². The van der Waals surface area contributed by atoms with E-state index < -0.39 is 6.04 Å². The second-order valence-corrected chi connectivity index (χ2v) is 2.64. The maximum atomic E-state index is 10.3. The average molecular weight is 180 g/mol. The molecule has 0 fully saturated rings. The van der Waals surface area contributed by atoms with Crippen LogP contribution in [0.5, 0.6) is 0 Å². The van der Waals surface area contributed by atoms with Gasteiger partial charge in [-0.1, -0.05) is 35.6 Å². The summed E-state index contributed by atoms with van der Waals surface area (Å²) >= 11 is 0. The lowest BCUT2D eigenvalue weighted by atomic mass is 10.1. The van der Waals surface area contributed by atoms with Gasteiger partial charge in [0.2, 0.25) is 6.29 Å². The number of hydrogen-bond donors (Lipinski definition) is 2. The third-order valence-electron chi connectivity index (χ3n) is 1.69. The van der Waals surface area contributed by atoms with Gasteiger partial charge in [0.25, 0.3) is 0 Å². The molecule has 1 rings (SSSR count). The molecule has 4 heteroatoms. The lowest BCUT2D eigenvalue weighted by molar-refractivity contribution is -0.318. The molecule has 1 atom stereocenters. The van der Waals surface area contributed by atoms with Crippen molar-refractivity contribution in [2.75, 3.05) is 0 Å². The van der Waals surface area contributed by atoms with Crippen molar-refractivity contribution in [1.82, 2.24) is 5.23 Å². The first-order valence-corrected chi connectivity index (χ1v) is 3.82. The van der Waals surface area contributed by atoms with Crippen molar-refractivity contribution in [3.63, 3.8) is 0 Å². The minimum Gasteiger partial charge on any atom is -0.289 e. The number of nitrogens with zero attached hydrogens (tertiary/aromatic N) is 1. The van der Waals surface area contributed by atoms with E-state index in [1.807, 2.05) is 18.2 Å². The van der Waals surface area contributed by atoms with Crippen LogP contribution in [0.2, 0.25) is 0 Å². The Hall–Kier alpha value is -1.23. The molecule has 0 aliphatic heterocycles. The minimum atomic E-state index is -1.03. The number of carbonyl (C=O) groups excluding carboxylic acids is 1. The van der Waals surface area contributed by atoms with Crippen molar-refractivity contribution < 1.29 is 15.2 Å². The molecule has 69 valence electrons. The van der Waals surface area contributed by atoms with E-state index in [9.17, 15) is 4.79 Å². The molecule has 0 heterocycles. The van der Waals surface area contributed by atoms with Crippen LogP contribution in [-0.2, 0) is 11.2 Å². The Labute approximate surface area is 75.9 Å². The Balaban J connectivity index is 2.62. The second kappa shape index (κ2) is 4.71. The van der Waals surface area contributed by atoms with Gasteiger partial charge in [-0.25, -0.2) is 0 Å². The molecule has 1 aromatic carbocycles. The third-order valence-corrected chi connectivity index (χ3v) is 1.69. The quantitative estimate of drug-likeness (QED) is 0.672. The van der Waals surface area contributed by atoms with Gasteiger partial charge < -0.3 is 0 Å². The summed E-state index contributed by atoms with van der Waals surface area (Å²) in [5.41, 5.74) is 0.851. The third kappa shape index (κ3) is 2.95. The van der Waals surface area contributed by atoms with Gasteiger partial charge in [-0.15, -0.1) is 0 Å². The highest BCUT2D eigenvalue weighted by Gasteiger charge is 2.14. The maximum Gasteiger partial charge on any atom is 0.222 e. The van der Waals surface area contributed by atoms with Crippen molar-refractivity contribution in [3.05, 3.63) is 35.9 Å². The molecule has 0 spiro atoms. The van der Waals surface area contributed by atoms with E-state index in [-0.39, 0.29) is 11.6 Å². The Morgan fingerprint density at radius 3 is 2.38 bits per heavy atom. The molecule has 4 nitrogen and oxygen atoms in total. The van der Waals surface area contributed by atoms with Gasteiger partial charge in [0.05, 0.1) is 0 Å². The predicted molar refractivity (Wildman–Crippen MR) is 45.0 cm³/mol. The van der Waals surface area contributed by atoms with E-state index in [2.05, 4.69) is 0 Å². The SMILES string of the molecule is O=[C]C(Cc1ccccc1)N(O)O. The van der Waals surface area contributed by atoms with Crippen molar-refractivity contribution in [1.29, 1.82) is 0 Å². The van der Waals surface area contributed by atoms with E-state index >= 15 is 0 Å². The van der Waals surface area contributed by atoms with Crippen LogP contribution in [0.15, 0.2) is 30.3 Å². The summed E-state index contributed by atoms with van der Waals surface area (Å²) in [5.74, 6) is 0. The summed E-state index contributed by atoms with van der Waals surface area (Å²) in [6.07, 6.45) is 1.76. The molecular formula is C9H10NO3. The Kier molecular flexibility index (Phi) is 3.57. The topological polar surface area (TPSA) is 60.8 Å². The Morgan fingerprint density at radius 2 is 1.92 bits per heavy atom. The largest absolute Gasteiger partial charge is 0.289 e. The Bertz CT molecular complexity index is 261. The molecule has 2 N–H and O–H groups in total. The normalized spacial score (nSPS) is 12.8. The molecule has 1 unspecified atom stereocenters. The number of benzene rings is 1. The summed E-state index contributed by atoms with van der Waals surface area (Å²) in [5, 5.41) is 17.1. The van der Waals surface area contributed by atoms with Crippen LogP contribution in [0.3, 0.4) is 0 Å². The lowest BCUT2D eigenvalue weighted by Crippen LogP contribution is -2.32. The number of hydroxylamine groups is 2. The van der Waals surface area contributed by atoms with Crippen molar-refractivity contribution in [3.8, 4) is 0 Å². The van der Waals surface area contributed by atoms with E-state index in [4.69, 9.17) is 10.4 Å². The van der Waals surface area contributed by atoms with Crippen molar-refractivity contribution >= 4 is 6.29 Å². The van der Waals surface area contributed by atoms with Crippen LogP contribution in [0.25, 0.3) is 0 Å². The summed E-state index contributed by atoms with van der Waals surface area (Å²) in [7, 11) is 0. The van der Waals surface area contributed by atoms with Crippen LogP contribution in [-0.4, -0.2) is 28.0 Å². The fourth-order valence-corrected chi connectivity index (χ4v) is 1.01. The second-order valence-electron chi connectivity index (χ2n) is 2.64. The molecule has 1 aromatic rings. The standard InChI is InChI=1S/C9H10NO3/c11-7-9(10(12)13)6-8-4-2-1-3-5-8/h1-5,9,12-13H,6H2. The van der Waals surface area contributed by atoms with E-state index in [1.165, 1.54) is 6.29 Å². The summed E-state index contributed by atoms with van der Waals surface area (Å²) < 4.78 is 0. The lowest BCUT2D eigenvalue weighted by Gasteiger charge is -2.13. The zero-order valence-electron chi connectivity index (χ0n) is 6.92. The highest BCUT2D eigenvalue weighted by molar-refractivity contribution is 5.58. The number of rotatable bonds is 4. The molecular weight excluding hydrogens is 170 g/mol. The highest BCUT2D eigenvalue weighted by atomic mass is 16.8. The highest BCUT2D eigenvalue weighted by Crippen LogP contribution is 2.04. The smallest absolute Gasteiger partial charge is 0.222 e. The molecule has 0 saturated heterocycles.